The Labute approximate surface area is 171 Å². The van der Waals surface area contributed by atoms with Gasteiger partial charge in [0.15, 0.2) is 0 Å². The fraction of sp³-hybridized carbons (Fsp3) is 0.391. The van der Waals surface area contributed by atoms with Gasteiger partial charge in [-0.05, 0) is 63.4 Å². The molecule has 1 fully saturated rings. The normalized spacial score (nSPS) is 16.0. The van der Waals surface area contributed by atoms with E-state index in [9.17, 15) is 9.59 Å². The molecule has 2 N–H and O–H groups in total. The standard InChI is InChI=1S/C23H28N2O4/c1-22(2,3)29-21(27)25-19-11-9-18(10-12-19)24-20(26)23(13-15-28-16-14-23)17-7-5-4-6-8-17/h4-12H,13-16H2,1-3H3,(H,24,26)(H,25,27). The van der Waals surface area contributed by atoms with Crippen LogP contribution in [0, 0.1) is 0 Å². The number of nitrogens with one attached hydrogen (secondary N) is 2. The van der Waals surface area contributed by atoms with Gasteiger partial charge in [-0.2, -0.15) is 0 Å². The predicted molar refractivity (Wildman–Crippen MR) is 113 cm³/mol. The first-order chi connectivity index (χ1) is 13.8. The highest BCUT2D eigenvalue weighted by atomic mass is 16.6. The monoisotopic (exact) mass is 396 g/mol. The molecule has 1 heterocycles. The molecule has 0 atom stereocenters. The molecule has 2 aromatic rings. The van der Waals surface area contributed by atoms with Crippen molar-refractivity contribution in [2.75, 3.05) is 23.8 Å². The Hall–Kier alpha value is -2.86. The molecular formula is C23H28N2O4. The zero-order valence-electron chi connectivity index (χ0n) is 17.2. The average molecular weight is 396 g/mol. The van der Waals surface area contributed by atoms with Crippen molar-refractivity contribution < 1.29 is 19.1 Å². The zero-order chi connectivity index (χ0) is 20.9. The summed E-state index contributed by atoms with van der Waals surface area (Å²) in [4.78, 5) is 25.1. The van der Waals surface area contributed by atoms with E-state index < -0.39 is 17.1 Å². The van der Waals surface area contributed by atoms with Crippen LogP contribution in [0.3, 0.4) is 0 Å². The molecule has 0 radical (unpaired) electrons. The first kappa shape index (κ1) is 20.9. The van der Waals surface area contributed by atoms with Gasteiger partial charge < -0.3 is 14.8 Å². The quantitative estimate of drug-likeness (QED) is 0.784. The van der Waals surface area contributed by atoms with Crippen LogP contribution in [-0.2, 0) is 19.7 Å². The maximum absolute atomic E-state index is 13.3. The van der Waals surface area contributed by atoms with Crippen LogP contribution in [0.4, 0.5) is 16.2 Å². The minimum atomic E-state index is -0.604. The topological polar surface area (TPSA) is 76.7 Å². The lowest BCUT2D eigenvalue weighted by molar-refractivity contribution is -0.125. The van der Waals surface area contributed by atoms with Crippen LogP contribution >= 0.6 is 0 Å². The van der Waals surface area contributed by atoms with Crippen LogP contribution in [0.15, 0.2) is 54.6 Å². The highest BCUT2D eigenvalue weighted by Crippen LogP contribution is 2.36. The van der Waals surface area contributed by atoms with Crippen LogP contribution in [-0.4, -0.2) is 30.8 Å². The lowest BCUT2D eigenvalue weighted by Gasteiger charge is -2.36. The number of benzene rings is 2. The van der Waals surface area contributed by atoms with E-state index in [-0.39, 0.29) is 5.91 Å². The molecule has 3 rings (SSSR count). The van der Waals surface area contributed by atoms with Gasteiger partial charge in [-0.15, -0.1) is 0 Å². The van der Waals surface area contributed by atoms with E-state index in [0.717, 1.165) is 5.56 Å². The van der Waals surface area contributed by atoms with Gasteiger partial charge >= 0.3 is 6.09 Å². The van der Waals surface area contributed by atoms with Crippen LogP contribution in [0.1, 0.15) is 39.2 Å². The fourth-order valence-corrected chi connectivity index (χ4v) is 3.43. The van der Waals surface area contributed by atoms with Crippen molar-refractivity contribution in [1.82, 2.24) is 0 Å². The summed E-state index contributed by atoms with van der Waals surface area (Å²) in [5, 5.41) is 5.72. The molecule has 2 aromatic carbocycles. The Kier molecular flexibility index (Phi) is 6.23. The molecule has 0 spiro atoms. The SMILES string of the molecule is CC(C)(C)OC(=O)Nc1ccc(NC(=O)C2(c3ccccc3)CCOCC2)cc1. The van der Waals surface area contributed by atoms with Crippen molar-refractivity contribution >= 4 is 23.4 Å². The molecule has 0 aliphatic carbocycles. The van der Waals surface area contributed by atoms with E-state index in [2.05, 4.69) is 10.6 Å². The molecule has 1 saturated heterocycles. The van der Waals surface area contributed by atoms with E-state index in [0.29, 0.717) is 37.4 Å². The third-order valence-electron chi connectivity index (χ3n) is 4.90. The maximum Gasteiger partial charge on any atom is 0.412 e. The first-order valence-corrected chi connectivity index (χ1v) is 9.83. The second-order valence-corrected chi connectivity index (χ2v) is 8.22. The van der Waals surface area contributed by atoms with E-state index in [1.165, 1.54) is 0 Å². The zero-order valence-corrected chi connectivity index (χ0v) is 17.2. The highest BCUT2D eigenvalue weighted by Gasteiger charge is 2.41. The molecular weight excluding hydrogens is 368 g/mol. The Morgan fingerprint density at radius 3 is 2.00 bits per heavy atom. The van der Waals surface area contributed by atoms with Gasteiger partial charge in [0.1, 0.15) is 5.60 Å². The Morgan fingerprint density at radius 2 is 1.45 bits per heavy atom. The summed E-state index contributed by atoms with van der Waals surface area (Å²) in [6, 6.07) is 16.9. The van der Waals surface area contributed by atoms with E-state index >= 15 is 0 Å². The van der Waals surface area contributed by atoms with Gasteiger partial charge in [0.05, 0.1) is 5.41 Å². The number of hydrogen-bond donors (Lipinski definition) is 2. The van der Waals surface area contributed by atoms with E-state index in [4.69, 9.17) is 9.47 Å². The molecule has 29 heavy (non-hydrogen) atoms. The molecule has 6 heteroatoms. The van der Waals surface area contributed by atoms with Crippen LogP contribution in [0.2, 0.25) is 0 Å². The summed E-state index contributed by atoms with van der Waals surface area (Å²) >= 11 is 0. The van der Waals surface area contributed by atoms with Gasteiger partial charge in [0.25, 0.3) is 0 Å². The number of amides is 2. The maximum atomic E-state index is 13.3. The summed E-state index contributed by atoms with van der Waals surface area (Å²) < 4.78 is 10.7. The molecule has 0 aromatic heterocycles. The van der Waals surface area contributed by atoms with Crippen molar-refractivity contribution in [1.29, 1.82) is 0 Å². The largest absolute Gasteiger partial charge is 0.444 e. The van der Waals surface area contributed by atoms with E-state index in [1.807, 2.05) is 51.1 Å². The van der Waals surface area contributed by atoms with Gasteiger partial charge in [0.2, 0.25) is 5.91 Å². The summed E-state index contributed by atoms with van der Waals surface area (Å²) in [7, 11) is 0. The molecule has 0 saturated carbocycles. The van der Waals surface area contributed by atoms with Gasteiger partial charge in [-0.1, -0.05) is 30.3 Å². The molecule has 6 nitrogen and oxygen atoms in total. The van der Waals surface area contributed by atoms with Crippen molar-refractivity contribution in [2.45, 2.75) is 44.6 Å². The smallest absolute Gasteiger partial charge is 0.412 e. The summed E-state index contributed by atoms with van der Waals surface area (Å²) in [5.74, 6) is -0.0418. The Morgan fingerprint density at radius 1 is 0.897 bits per heavy atom. The fourth-order valence-electron chi connectivity index (χ4n) is 3.43. The lowest BCUT2D eigenvalue weighted by Crippen LogP contribution is -2.44. The number of carbonyl (C=O) groups is 2. The van der Waals surface area contributed by atoms with Gasteiger partial charge in [-0.3, -0.25) is 10.1 Å². The van der Waals surface area contributed by atoms with Crippen molar-refractivity contribution in [3.63, 3.8) is 0 Å². The molecule has 1 aliphatic heterocycles. The van der Waals surface area contributed by atoms with Crippen molar-refractivity contribution in [3.05, 3.63) is 60.2 Å². The molecule has 154 valence electrons. The predicted octanol–water partition coefficient (Wildman–Crippen LogP) is 4.72. The lowest BCUT2D eigenvalue weighted by atomic mass is 9.73. The minimum absolute atomic E-state index is 0.0418. The van der Waals surface area contributed by atoms with E-state index in [1.54, 1.807) is 24.3 Å². The van der Waals surface area contributed by atoms with Crippen LogP contribution in [0.25, 0.3) is 0 Å². The molecule has 1 aliphatic rings. The highest BCUT2D eigenvalue weighted by molar-refractivity contribution is 5.99. The summed E-state index contributed by atoms with van der Waals surface area (Å²) in [5.41, 5.74) is 1.11. The Bertz CT molecular complexity index is 835. The molecule has 0 bridgehead atoms. The number of ether oxygens (including phenoxy) is 2. The van der Waals surface area contributed by atoms with Crippen LogP contribution in [0.5, 0.6) is 0 Å². The minimum Gasteiger partial charge on any atom is -0.444 e. The van der Waals surface area contributed by atoms with Gasteiger partial charge in [-0.25, -0.2) is 4.79 Å². The van der Waals surface area contributed by atoms with Gasteiger partial charge in [0, 0.05) is 24.6 Å². The summed E-state index contributed by atoms with van der Waals surface area (Å²) in [6.45, 7) is 6.54. The number of anilines is 2. The number of carbonyl (C=O) groups excluding carboxylic acids is 2. The Balaban J connectivity index is 1.70. The third kappa shape index (κ3) is 5.35. The average Bonchev–Trinajstić information content (AvgIpc) is 2.69. The second-order valence-electron chi connectivity index (χ2n) is 8.22. The number of hydrogen-bond acceptors (Lipinski definition) is 4. The first-order valence-electron chi connectivity index (χ1n) is 9.83. The third-order valence-corrected chi connectivity index (χ3v) is 4.90. The molecule has 0 unspecified atom stereocenters. The second kappa shape index (κ2) is 8.66. The van der Waals surface area contributed by atoms with Crippen molar-refractivity contribution in [3.8, 4) is 0 Å². The van der Waals surface area contributed by atoms with Crippen molar-refractivity contribution in [2.24, 2.45) is 0 Å². The van der Waals surface area contributed by atoms with Crippen LogP contribution < -0.4 is 10.6 Å². The number of rotatable bonds is 4. The molecule has 2 amide bonds. The summed E-state index contributed by atoms with van der Waals surface area (Å²) in [6.07, 6.45) is 0.766.